The van der Waals surface area contributed by atoms with E-state index in [1.807, 2.05) is 79.7 Å². The highest BCUT2D eigenvalue weighted by Gasteiger charge is 2.35. The van der Waals surface area contributed by atoms with Crippen molar-refractivity contribution in [2.24, 2.45) is 0 Å². The largest absolute Gasteiger partial charge is 0.495 e. The van der Waals surface area contributed by atoms with Gasteiger partial charge in [-0.25, -0.2) is 4.68 Å². The van der Waals surface area contributed by atoms with Crippen molar-refractivity contribution in [3.8, 4) is 5.75 Å². The summed E-state index contributed by atoms with van der Waals surface area (Å²) in [6.45, 7) is 1.89. The molecule has 1 aliphatic heterocycles. The van der Waals surface area contributed by atoms with E-state index in [9.17, 15) is 4.79 Å². The number of allylic oxidation sites excluding steroid dienone is 1. The number of hydrogen-bond acceptors (Lipinski definition) is 6. The van der Waals surface area contributed by atoms with Crippen LogP contribution in [0.25, 0.3) is 10.8 Å². The molecule has 0 saturated carbocycles. The molecule has 0 saturated heterocycles. The van der Waals surface area contributed by atoms with E-state index < -0.39 is 6.04 Å². The monoisotopic (exact) mass is 567 g/mol. The van der Waals surface area contributed by atoms with Gasteiger partial charge in [0.2, 0.25) is 11.1 Å². The van der Waals surface area contributed by atoms with Gasteiger partial charge in [0.1, 0.15) is 11.8 Å². The fourth-order valence-electron chi connectivity index (χ4n) is 4.96. The summed E-state index contributed by atoms with van der Waals surface area (Å²) in [6.07, 6.45) is 0. The maximum absolute atomic E-state index is 14.0. The number of anilines is 2. The number of hydrogen-bond donors (Lipinski definition) is 2. The number of para-hydroxylation sites is 2. The van der Waals surface area contributed by atoms with E-state index in [0.29, 0.717) is 44.6 Å². The molecule has 0 fully saturated rings. The molecule has 0 bridgehead atoms. The number of thioether (sulfide) groups is 1. The molecule has 2 heterocycles. The molecule has 2 N–H and O–H groups in total. The molecule has 0 radical (unpaired) electrons. The van der Waals surface area contributed by atoms with Gasteiger partial charge < -0.3 is 15.4 Å². The Morgan fingerprint density at radius 3 is 2.62 bits per heavy atom. The van der Waals surface area contributed by atoms with Crippen molar-refractivity contribution in [1.29, 1.82) is 0 Å². The molecule has 40 heavy (non-hydrogen) atoms. The van der Waals surface area contributed by atoms with Crippen molar-refractivity contribution in [2.45, 2.75) is 23.9 Å². The van der Waals surface area contributed by atoms with Crippen molar-refractivity contribution in [2.75, 3.05) is 17.7 Å². The molecule has 9 heteroatoms. The Labute approximate surface area is 241 Å². The molecule has 1 aromatic heterocycles. The van der Waals surface area contributed by atoms with E-state index in [0.717, 1.165) is 21.9 Å². The number of rotatable bonds is 7. The molecule has 200 valence electrons. The first-order chi connectivity index (χ1) is 19.5. The number of benzene rings is 4. The number of nitrogens with one attached hydrogen (secondary N) is 2. The highest BCUT2D eigenvalue weighted by atomic mass is 35.5. The van der Waals surface area contributed by atoms with Gasteiger partial charge in [0.25, 0.3) is 5.91 Å². The van der Waals surface area contributed by atoms with E-state index in [1.54, 1.807) is 11.8 Å². The normalized spacial score (nSPS) is 14.5. The zero-order valence-electron chi connectivity index (χ0n) is 21.9. The standard InChI is InChI=1S/C31H26ClN5O2S/c1-19-27(29(38)34-25-16-7-8-17-26(25)39-2)28(23-14-9-12-20-10-3-5-13-22(20)23)37-30(33-19)35-31(36-37)40-18-21-11-4-6-15-24(21)32/h3-17,28H,18H2,1-2H3,(H,34,38)(H,33,35,36). The van der Waals surface area contributed by atoms with Crippen molar-refractivity contribution in [1.82, 2.24) is 14.8 Å². The summed E-state index contributed by atoms with van der Waals surface area (Å²) in [7, 11) is 1.58. The van der Waals surface area contributed by atoms with E-state index in [4.69, 9.17) is 26.4 Å². The van der Waals surface area contributed by atoms with Crippen molar-refractivity contribution in [3.63, 3.8) is 0 Å². The molecular formula is C31H26ClN5O2S. The first kappa shape index (κ1) is 26.0. The van der Waals surface area contributed by atoms with Crippen molar-refractivity contribution in [3.05, 3.63) is 118 Å². The van der Waals surface area contributed by atoms with E-state index >= 15 is 0 Å². The molecular weight excluding hydrogens is 542 g/mol. The number of methoxy groups -OCH3 is 1. The number of nitrogens with zero attached hydrogens (tertiary/aromatic N) is 3. The average Bonchev–Trinajstić information content (AvgIpc) is 3.38. The highest BCUT2D eigenvalue weighted by molar-refractivity contribution is 7.98. The quantitative estimate of drug-likeness (QED) is 0.201. The second-order valence-electron chi connectivity index (χ2n) is 9.33. The number of fused-ring (bicyclic) bond motifs is 2. The number of halogens is 1. The van der Waals surface area contributed by atoms with Crippen LogP contribution in [0.3, 0.4) is 0 Å². The summed E-state index contributed by atoms with van der Waals surface area (Å²) >= 11 is 7.88. The molecule has 0 aliphatic carbocycles. The fourth-order valence-corrected chi connectivity index (χ4v) is 6.07. The Morgan fingerprint density at radius 1 is 1.02 bits per heavy atom. The van der Waals surface area contributed by atoms with Gasteiger partial charge in [0, 0.05) is 16.5 Å². The van der Waals surface area contributed by atoms with Crippen LogP contribution in [0.2, 0.25) is 5.02 Å². The van der Waals surface area contributed by atoms with Gasteiger partial charge >= 0.3 is 0 Å². The van der Waals surface area contributed by atoms with E-state index in [-0.39, 0.29) is 5.91 Å². The molecule has 1 aliphatic rings. The maximum atomic E-state index is 14.0. The molecule has 0 spiro atoms. The van der Waals surface area contributed by atoms with Crippen LogP contribution in [0.15, 0.2) is 107 Å². The third-order valence-electron chi connectivity index (χ3n) is 6.87. The Morgan fingerprint density at radius 2 is 1.77 bits per heavy atom. The van der Waals surface area contributed by atoms with Gasteiger partial charge in [-0.1, -0.05) is 96.2 Å². The van der Waals surface area contributed by atoms with Crippen LogP contribution in [0.5, 0.6) is 5.75 Å². The van der Waals surface area contributed by atoms with Crippen LogP contribution < -0.4 is 15.4 Å². The Balaban J connectivity index is 1.43. The number of amides is 1. The van der Waals surface area contributed by atoms with Gasteiger partial charge in [-0.05, 0) is 47.0 Å². The summed E-state index contributed by atoms with van der Waals surface area (Å²) in [4.78, 5) is 18.8. The zero-order valence-corrected chi connectivity index (χ0v) is 23.5. The molecule has 4 aromatic carbocycles. The van der Waals surface area contributed by atoms with Gasteiger partial charge in [0.05, 0.1) is 18.4 Å². The van der Waals surface area contributed by atoms with Crippen LogP contribution >= 0.6 is 23.4 Å². The SMILES string of the molecule is COc1ccccc1NC(=O)C1=C(C)Nc2nc(SCc3ccccc3Cl)nn2C1c1cccc2ccccc12. The fraction of sp³-hybridized carbons (Fsp3) is 0.129. The van der Waals surface area contributed by atoms with Crippen LogP contribution in [-0.2, 0) is 10.5 Å². The molecule has 5 aromatic rings. The second kappa shape index (κ2) is 11.1. The number of carbonyl (C=O) groups excluding carboxylic acids is 1. The Bertz CT molecular complexity index is 1760. The van der Waals surface area contributed by atoms with E-state index in [2.05, 4.69) is 28.8 Å². The molecule has 1 amide bonds. The second-order valence-corrected chi connectivity index (χ2v) is 10.7. The van der Waals surface area contributed by atoms with Gasteiger partial charge in [-0.3, -0.25) is 4.79 Å². The van der Waals surface area contributed by atoms with Crippen LogP contribution in [-0.4, -0.2) is 27.8 Å². The summed E-state index contributed by atoms with van der Waals surface area (Å²) in [6, 6.07) is 28.9. The van der Waals surface area contributed by atoms with Gasteiger partial charge in [0.15, 0.2) is 0 Å². The smallest absolute Gasteiger partial charge is 0.255 e. The first-order valence-electron chi connectivity index (χ1n) is 12.8. The van der Waals surface area contributed by atoms with Crippen LogP contribution in [0, 0.1) is 0 Å². The van der Waals surface area contributed by atoms with Crippen LogP contribution in [0.4, 0.5) is 11.6 Å². The predicted octanol–water partition coefficient (Wildman–Crippen LogP) is 7.31. The molecule has 7 nitrogen and oxygen atoms in total. The van der Waals surface area contributed by atoms with Crippen LogP contribution in [0.1, 0.15) is 24.1 Å². The number of carbonyl (C=O) groups is 1. The molecule has 1 atom stereocenters. The minimum atomic E-state index is -0.515. The lowest BCUT2D eigenvalue weighted by Gasteiger charge is -2.29. The lowest BCUT2D eigenvalue weighted by atomic mass is 9.91. The van der Waals surface area contributed by atoms with Crippen molar-refractivity contribution >= 4 is 51.7 Å². The minimum Gasteiger partial charge on any atom is -0.495 e. The lowest BCUT2D eigenvalue weighted by Crippen LogP contribution is -2.31. The third-order valence-corrected chi connectivity index (χ3v) is 8.12. The topological polar surface area (TPSA) is 81.1 Å². The van der Waals surface area contributed by atoms with Gasteiger partial charge in [-0.2, -0.15) is 4.98 Å². The molecule has 6 rings (SSSR count). The number of aromatic nitrogens is 3. The summed E-state index contributed by atoms with van der Waals surface area (Å²) < 4.78 is 7.28. The summed E-state index contributed by atoms with van der Waals surface area (Å²) in [5, 5.41) is 14.7. The minimum absolute atomic E-state index is 0.251. The maximum Gasteiger partial charge on any atom is 0.255 e. The highest BCUT2D eigenvalue weighted by Crippen LogP contribution is 2.40. The average molecular weight is 568 g/mol. The Hall–Kier alpha value is -4.27. The Kier molecular flexibility index (Phi) is 7.19. The summed E-state index contributed by atoms with van der Waals surface area (Å²) in [5.41, 5.74) is 3.80. The zero-order chi connectivity index (χ0) is 27.6. The first-order valence-corrected chi connectivity index (χ1v) is 14.1. The van der Waals surface area contributed by atoms with Gasteiger partial charge in [-0.15, -0.1) is 5.10 Å². The summed E-state index contributed by atoms with van der Waals surface area (Å²) in [5.74, 6) is 1.53. The number of ether oxygens (including phenoxy) is 1. The lowest BCUT2D eigenvalue weighted by molar-refractivity contribution is -0.113. The predicted molar refractivity (Wildman–Crippen MR) is 161 cm³/mol. The van der Waals surface area contributed by atoms with E-state index in [1.165, 1.54) is 11.8 Å². The third kappa shape index (κ3) is 4.92. The molecule has 1 unspecified atom stereocenters. The van der Waals surface area contributed by atoms with Crippen molar-refractivity contribution < 1.29 is 9.53 Å².